The minimum absolute atomic E-state index is 0.246. The number of para-hydroxylation sites is 2. The van der Waals surface area contributed by atoms with Crippen LogP contribution in [-0.2, 0) is 9.53 Å². The maximum absolute atomic E-state index is 12.5. The maximum Gasteiger partial charge on any atom is 0.339 e. The molecule has 7 nitrogen and oxygen atoms in total. The lowest BCUT2D eigenvalue weighted by molar-refractivity contribution is -0.124. The zero-order chi connectivity index (χ0) is 20.9. The van der Waals surface area contributed by atoms with Crippen molar-refractivity contribution in [3.63, 3.8) is 0 Å². The van der Waals surface area contributed by atoms with Crippen LogP contribution in [0.4, 0.5) is 0 Å². The Balaban J connectivity index is 1.31. The van der Waals surface area contributed by atoms with Crippen molar-refractivity contribution >= 4 is 22.6 Å². The highest BCUT2D eigenvalue weighted by atomic mass is 16.6. The number of benzene rings is 3. The first-order valence-electron chi connectivity index (χ1n) is 9.54. The van der Waals surface area contributed by atoms with Crippen molar-refractivity contribution in [2.45, 2.75) is 6.10 Å². The molecule has 1 heterocycles. The highest BCUT2D eigenvalue weighted by Gasteiger charge is 2.21. The van der Waals surface area contributed by atoms with Gasteiger partial charge in [0.1, 0.15) is 18.5 Å². The van der Waals surface area contributed by atoms with Crippen molar-refractivity contribution in [1.29, 1.82) is 0 Å². The second kappa shape index (κ2) is 8.73. The molecule has 0 unspecified atom stereocenters. The number of fused-ring (bicyclic) bond motifs is 2. The van der Waals surface area contributed by atoms with Crippen LogP contribution in [0.2, 0.25) is 0 Å². The van der Waals surface area contributed by atoms with Crippen molar-refractivity contribution < 1.29 is 28.5 Å². The summed E-state index contributed by atoms with van der Waals surface area (Å²) in [7, 11) is 1.57. The van der Waals surface area contributed by atoms with E-state index >= 15 is 0 Å². The van der Waals surface area contributed by atoms with Crippen LogP contribution < -0.4 is 19.5 Å². The average molecular weight is 407 g/mol. The number of carbonyl (C=O) groups is 2. The molecule has 30 heavy (non-hydrogen) atoms. The van der Waals surface area contributed by atoms with Gasteiger partial charge < -0.3 is 24.3 Å². The van der Waals surface area contributed by atoms with Gasteiger partial charge in [0.25, 0.3) is 5.91 Å². The second-order valence-electron chi connectivity index (χ2n) is 6.74. The van der Waals surface area contributed by atoms with E-state index in [0.29, 0.717) is 34.8 Å². The fraction of sp³-hybridized carbons (Fsp3) is 0.217. The molecule has 0 spiro atoms. The Kier molecular flexibility index (Phi) is 5.70. The fourth-order valence-corrected chi connectivity index (χ4v) is 3.28. The number of hydrogen-bond donors (Lipinski definition) is 1. The maximum atomic E-state index is 12.5. The summed E-state index contributed by atoms with van der Waals surface area (Å²) in [6.45, 7) is 0.189. The van der Waals surface area contributed by atoms with Gasteiger partial charge in [0, 0.05) is 5.39 Å². The number of amides is 1. The first-order chi connectivity index (χ1) is 14.7. The lowest BCUT2D eigenvalue weighted by Crippen LogP contribution is -2.42. The number of carbonyl (C=O) groups excluding carboxylic acids is 2. The Bertz CT molecular complexity index is 1080. The highest BCUT2D eigenvalue weighted by molar-refractivity contribution is 6.06. The molecule has 1 amide bonds. The van der Waals surface area contributed by atoms with Gasteiger partial charge in [-0.2, -0.15) is 0 Å². The second-order valence-corrected chi connectivity index (χ2v) is 6.74. The van der Waals surface area contributed by atoms with Gasteiger partial charge in [-0.05, 0) is 29.7 Å². The molecule has 3 aromatic carbocycles. The van der Waals surface area contributed by atoms with Crippen molar-refractivity contribution in [1.82, 2.24) is 5.32 Å². The number of hydrogen-bond acceptors (Lipinski definition) is 6. The van der Waals surface area contributed by atoms with E-state index in [0.717, 1.165) is 5.39 Å². The number of methoxy groups -OCH3 is 1. The zero-order valence-electron chi connectivity index (χ0n) is 16.4. The molecule has 0 saturated heterocycles. The predicted octanol–water partition coefficient (Wildman–Crippen LogP) is 2.96. The predicted molar refractivity (Wildman–Crippen MR) is 110 cm³/mol. The van der Waals surface area contributed by atoms with Crippen LogP contribution in [-0.4, -0.2) is 44.8 Å². The topological polar surface area (TPSA) is 83.1 Å². The summed E-state index contributed by atoms with van der Waals surface area (Å²) in [5.41, 5.74) is 0.375. The lowest BCUT2D eigenvalue weighted by atomic mass is 10.0. The quantitative estimate of drug-likeness (QED) is 0.633. The molecule has 0 radical (unpaired) electrons. The first-order valence-corrected chi connectivity index (χ1v) is 9.54. The molecule has 7 heteroatoms. The van der Waals surface area contributed by atoms with E-state index in [1.165, 1.54) is 0 Å². The fourth-order valence-electron chi connectivity index (χ4n) is 3.28. The van der Waals surface area contributed by atoms with E-state index in [4.69, 9.17) is 18.9 Å². The average Bonchev–Trinajstić information content (AvgIpc) is 2.80. The normalized spacial score (nSPS) is 14.8. The standard InChI is InChI=1S/C23H21NO6/c1-27-19-11-10-18(16-6-2-3-7-17(16)19)23(26)29-14-22(25)24-12-15-13-28-20-8-4-5-9-21(20)30-15/h2-11,15H,12-14H2,1H3,(H,24,25)/t15-/m1/s1. The third-order valence-electron chi connectivity index (χ3n) is 4.75. The van der Waals surface area contributed by atoms with Gasteiger partial charge in [-0.25, -0.2) is 4.79 Å². The largest absolute Gasteiger partial charge is 0.496 e. The van der Waals surface area contributed by atoms with Gasteiger partial charge in [0.05, 0.1) is 19.2 Å². The summed E-state index contributed by atoms with van der Waals surface area (Å²) in [5.74, 6) is 0.997. The van der Waals surface area contributed by atoms with Crippen LogP contribution in [0.1, 0.15) is 10.4 Å². The van der Waals surface area contributed by atoms with E-state index in [-0.39, 0.29) is 19.3 Å². The smallest absolute Gasteiger partial charge is 0.339 e. The molecule has 1 atom stereocenters. The molecule has 0 fully saturated rings. The Morgan fingerprint density at radius 1 is 1.00 bits per heavy atom. The molecule has 0 aromatic heterocycles. The Morgan fingerprint density at radius 2 is 1.73 bits per heavy atom. The number of esters is 1. The van der Waals surface area contributed by atoms with Gasteiger partial charge >= 0.3 is 5.97 Å². The van der Waals surface area contributed by atoms with Crippen molar-refractivity contribution in [2.75, 3.05) is 26.9 Å². The van der Waals surface area contributed by atoms with Crippen molar-refractivity contribution in [3.8, 4) is 17.2 Å². The summed E-state index contributed by atoms with van der Waals surface area (Å²) in [5, 5.41) is 4.21. The molecule has 1 aliphatic heterocycles. The van der Waals surface area contributed by atoms with Gasteiger partial charge in [0.2, 0.25) is 0 Å². The molecule has 0 saturated carbocycles. The van der Waals surface area contributed by atoms with Crippen LogP contribution >= 0.6 is 0 Å². The van der Waals surface area contributed by atoms with Crippen molar-refractivity contribution in [2.24, 2.45) is 0 Å². The molecule has 0 bridgehead atoms. The third kappa shape index (κ3) is 4.15. The van der Waals surface area contributed by atoms with E-state index < -0.39 is 11.9 Å². The van der Waals surface area contributed by atoms with Gasteiger partial charge in [-0.15, -0.1) is 0 Å². The Morgan fingerprint density at radius 3 is 2.53 bits per heavy atom. The van der Waals surface area contributed by atoms with Gasteiger partial charge in [-0.1, -0.05) is 36.4 Å². The minimum Gasteiger partial charge on any atom is -0.496 e. The summed E-state index contributed by atoms with van der Waals surface area (Å²) in [6.07, 6.45) is -0.315. The zero-order valence-corrected chi connectivity index (χ0v) is 16.4. The summed E-state index contributed by atoms with van der Waals surface area (Å²) in [4.78, 5) is 24.6. The van der Waals surface area contributed by atoms with Crippen LogP contribution in [0.15, 0.2) is 60.7 Å². The summed E-state index contributed by atoms with van der Waals surface area (Å²) in [6, 6.07) is 18.1. The van der Waals surface area contributed by atoms with Crippen molar-refractivity contribution in [3.05, 3.63) is 66.2 Å². The van der Waals surface area contributed by atoms with E-state index in [9.17, 15) is 9.59 Å². The number of rotatable bonds is 6. The monoisotopic (exact) mass is 407 g/mol. The molecule has 1 N–H and O–H groups in total. The van der Waals surface area contributed by atoms with E-state index in [1.807, 2.05) is 48.5 Å². The van der Waals surface area contributed by atoms with E-state index in [1.54, 1.807) is 19.2 Å². The highest BCUT2D eigenvalue weighted by Crippen LogP contribution is 2.31. The van der Waals surface area contributed by atoms with Crippen LogP contribution in [0.5, 0.6) is 17.2 Å². The number of nitrogens with one attached hydrogen (secondary N) is 1. The Hall–Kier alpha value is -3.74. The van der Waals surface area contributed by atoms with Gasteiger partial charge in [-0.3, -0.25) is 4.79 Å². The molecule has 4 rings (SSSR count). The Labute approximate surface area is 173 Å². The first kappa shape index (κ1) is 19.6. The summed E-state index contributed by atoms with van der Waals surface area (Å²) >= 11 is 0. The molecule has 0 aliphatic carbocycles. The summed E-state index contributed by atoms with van der Waals surface area (Å²) < 4.78 is 21.9. The van der Waals surface area contributed by atoms with Crippen LogP contribution in [0.3, 0.4) is 0 Å². The third-order valence-corrected chi connectivity index (χ3v) is 4.75. The molecule has 154 valence electrons. The number of ether oxygens (including phenoxy) is 4. The molecule has 3 aromatic rings. The van der Waals surface area contributed by atoms with Crippen LogP contribution in [0.25, 0.3) is 10.8 Å². The minimum atomic E-state index is -0.574. The SMILES string of the molecule is COc1ccc(C(=O)OCC(=O)NC[C@@H]2COc3ccccc3O2)c2ccccc12. The molecular weight excluding hydrogens is 386 g/mol. The van der Waals surface area contributed by atoms with Crippen LogP contribution in [0, 0.1) is 0 Å². The molecular formula is C23H21NO6. The molecule has 1 aliphatic rings. The van der Waals surface area contributed by atoms with Gasteiger partial charge in [0.15, 0.2) is 18.1 Å². The lowest BCUT2D eigenvalue weighted by Gasteiger charge is -2.26. The van der Waals surface area contributed by atoms with E-state index in [2.05, 4.69) is 5.32 Å².